The van der Waals surface area contributed by atoms with E-state index in [1.54, 1.807) is 0 Å². The van der Waals surface area contributed by atoms with Crippen LogP contribution >= 0.6 is 23.2 Å². The van der Waals surface area contributed by atoms with Crippen molar-refractivity contribution in [3.8, 4) is 0 Å². The van der Waals surface area contributed by atoms with Crippen LogP contribution in [0.4, 0.5) is 8.78 Å². The average molecular weight is 240 g/mol. The lowest BCUT2D eigenvalue weighted by Crippen LogP contribution is -2.40. The Morgan fingerprint density at radius 1 is 1.36 bits per heavy atom. The first-order valence-electron chi connectivity index (χ1n) is 3.89. The Balaban J connectivity index is 3.26. The summed E-state index contributed by atoms with van der Waals surface area (Å²) < 4.78 is 25.2. The van der Waals surface area contributed by atoms with Crippen molar-refractivity contribution in [3.63, 3.8) is 0 Å². The van der Waals surface area contributed by atoms with Crippen molar-refractivity contribution in [3.05, 3.63) is 33.8 Å². The molecule has 0 radical (unpaired) electrons. The summed E-state index contributed by atoms with van der Waals surface area (Å²) in [5.74, 6) is 0. The van der Waals surface area contributed by atoms with E-state index >= 15 is 0 Å². The molecule has 14 heavy (non-hydrogen) atoms. The molecular weight excluding hydrogens is 231 g/mol. The SMILES string of the molecule is CC(N)(c1cccc(Cl)c1Cl)C(F)F. The summed E-state index contributed by atoms with van der Waals surface area (Å²) in [5.41, 5.74) is 3.84. The van der Waals surface area contributed by atoms with Crippen molar-refractivity contribution in [1.29, 1.82) is 0 Å². The number of hydrogen-bond acceptors (Lipinski definition) is 1. The van der Waals surface area contributed by atoms with Gasteiger partial charge < -0.3 is 5.73 Å². The third kappa shape index (κ3) is 2.00. The summed E-state index contributed by atoms with van der Waals surface area (Å²) >= 11 is 11.5. The average Bonchev–Trinajstić information content (AvgIpc) is 2.09. The van der Waals surface area contributed by atoms with Gasteiger partial charge in [-0.2, -0.15) is 0 Å². The Bertz CT molecular complexity index is 340. The Morgan fingerprint density at radius 3 is 2.43 bits per heavy atom. The maximum atomic E-state index is 12.6. The Kier molecular flexibility index (Phi) is 3.35. The van der Waals surface area contributed by atoms with Gasteiger partial charge in [0.05, 0.1) is 10.0 Å². The molecule has 1 atom stereocenters. The first kappa shape index (κ1) is 11.7. The fourth-order valence-corrected chi connectivity index (χ4v) is 1.54. The standard InChI is InChI=1S/C9H9Cl2F2N/c1-9(14,8(12)13)5-3-2-4-6(10)7(5)11/h2-4,8H,14H2,1H3. The van der Waals surface area contributed by atoms with Gasteiger partial charge in [-0.1, -0.05) is 35.3 Å². The lowest BCUT2D eigenvalue weighted by molar-refractivity contribution is 0.0626. The van der Waals surface area contributed by atoms with Gasteiger partial charge in [0.1, 0.15) is 5.54 Å². The van der Waals surface area contributed by atoms with E-state index in [0.29, 0.717) is 0 Å². The molecule has 1 aromatic carbocycles. The number of rotatable bonds is 2. The summed E-state index contributed by atoms with van der Waals surface area (Å²) in [6.45, 7) is 1.22. The van der Waals surface area contributed by atoms with Gasteiger partial charge in [-0.25, -0.2) is 8.78 Å². The second-order valence-electron chi connectivity index (χ2n) is 3.18. The van der Waals surface area contributed by atoms with Crippen molar-refractivity contribution >= 4 is 23.2 Å². The first-order chi connectivity index (χ1) is 6.37. The van der Waals surface area contributed by atoms with Gasteiger partial charge in [0.15, 0.2) is 0 Å². The van der Waals surface area contributed by atoms with E-state index < -0.39 is 12.0 Å². The zero-order valence-electron chi connectivity index (χ0n) is 7.40. The van der Waals surface area contributed by atoms with E-state index in [1.165, 1.54) is 25.1 Å². The maximum Gasteiger partial charge on any atom is 0.260 e. The summed E-state index contributed by atoms with van der Waals surface area (Å²) in [6.07, 6.45) is -2.70. The zero-order valence-corrected chi connectivity index (χ0v) is 8.91. The molecule has 0 spiro atoms. The third-order valence-electron chi connectivity index (χ3n) is 1.99. The predicted octanol–water partition coefficient (Wildman–Crippen LogP) is 3.43. The molecule has 1 aromatic rings. The van der Waals surface area contributed by atoms with Crippen molar-refractivity contribution in [2.75, 3.05) is 0 Å². The van der Waals surface area contributed by atoms with Crippen molar-refractivity contribution in [2.45, 2.75) is 18.9 Å². The van der Waals surface area contributed by atoms with Crippen LogP contribution < -0.4 is 5.73 Å². The van der Waals surface area contributed by atoms with Crippen molar-refractivity contribution in [2.24, 2.45) is 5.73 Å². The lowest BCUT2D eigenvalue weighted by atomic mass is 9.94. The van der Waals surface area contributed by atoms with E-state index in [-0.39, 0.29) is 15.6 Å². The summed E-state index contributed by atoms with van der Waals surface area (Å²) in [6, 6.07) is 4.51. The van der Waals surface area contributed by atoms with E-state index in [4.69, 9.17) is 28.9 Å². The molecule has 0 bridgehead atoms. The molecule has 0 aliphatic heterocycles. The Morgan fingerprint density at radius 2 is 1.93 bits per heavy atom. The van der Waals surface area contributed by atoms with E-state index in [1.807, 2.05) is 0 Å². The van der Waals surface area contributed by atoms with Crippen LogP contribution in [0, 0.1) is 0 Å². The Labute approximate surface area is 90.8 Å². The second kappa shape index (κ2) is 4.01. The molecule has 0 heterocycles. The van der Waals surface area contributed by atoms with Crippen LogP contribution in [-0.2, 0) is 5.54 Å². The number of nitrogens with two attached hydrogens (primary N) is 1. The van der Waals surface area contributed by atoms with E-state index in [2.05, 4.69) is 0 Å². The molecule has 1 unspecified atom stereocenters. The zero-order chi connectivity index (χ0) is 10.9. The summed E-state index contributed by atoms with van der Waals surface area (Å²) in [7, 11) is 0. The molecule has 0 saturated carbocycles. The molecule has 78 valence electrons. The fourth-order valence-electron chi connectivity index (χ4n) is 1.04. The molecule has 0 saturated heterocycles. The van der Waals surface area contributed by atoms with Crippen LogP contribution in [0.15, 0.2) is 18.2 Å². The highest BCUT2D eigenvalue weighted by molar-refractivity contribution is 6.42. The van der Waals surface area contributed by atoms with Crippen LogP contribution in [0.5, 0.6) is 0 Å². The largest absolute Gasteiger partial charge is 0.317 e. The van der Waals surface area contributed by atoms with Crippen LogP contribution in [0.1, 0.15) is 12.5 Å². The smallest absolute Gasteiger partial charge is 0.260 e. The molecule has 1 nitrogen and oxygen atoms in total. The minimum Gasteiger partial charge on any atom is -0.317 e. The van der Waals surface area contributed by atoms with Crippen LogP contribution in [0.3, 0.4) is 0 Å². The fraction of sp³-hybridized carbons (Fsp3) is 0.333. The molecule has 1 rings (SSSR count). The third-order valence-corrected chi connectivity index (χ3v) is 2.80. The number of alkyl halides is 2. The molecule has 0 aliphatic carbocycles. The minimum atomic E-state index is -2.70. The highest BCUT2D eigenvalue weighted by atomic mass is 35.5. The monoisotopic (exact) mass is 239 g/mol. The topological polar surface area (TPSA) is 26.0 Å². The molecular formula is C9H9Cl2F2N. The normalized spacial score (nSPS) is 15.6. The highest BCUT2D eigenvalue weighted by Gasteiger charge is 2.34. The number of benzene rings is 1. The quantitative estimate of drug-likeness (QED) is 0.841. The van der Waals surface area contributed by atoms with E-state index in [0.717, 1.165) is 0 Å². The molecule has 2 N–H and O–H groups in total. The minimum absolute atomic E-state index is 0.0828. The van der Waals surface area contributed by atoms with Crippen LogP contribution in [0.2, 0.25) is 10.0 Å². The first-order valence-corrected chi connectivity index (χ1v) is 4.64. The predicted molar refractivity (Wildman–Crippen MR) is 54.0 cm³/mol. The maximum absolute atomic E-state index is 12.6. The van der Waals surface area contributed by atoms with Gasteiger partial charge in [0, 0.05) is 0 Å². The van der Waals surface area contributed by atoms with Crippen LogP contribution in [0.25, 0.3) is 0 Å². The summed E-state index contributed by atoms with van der Waals surface area (Å²) in [4.78, 5) is 0. The van der Waals surface area contributed by atoms with Gasteiger partial charge in [-0.3, -0.25) is 0 Å². The Hall–Kier alpha value is -0.380. The molecule has 0 aromatic heterocycles. The molecule has 0 fully saturated rings. The second-order valence-corrected chi connectivity index (χ2v) is 3.97. The van der Waals surface area contributed by atoms with Gasteiger partial charge >= 0.3 is 0 Å². The lowest BCUT2D eigenvalue weighted by Gasteiger charge is -2.25. The highest BCUT2D eigenvalue weighted by Crippen LogP contribution is 2.34. The van der Waals surface area contributed by atoms with Gasteiger partial charge in [0.2, 0.25) is 0 Å². The van der Waals surface area contributed by atoms with Gasteiger partial charge in [0.25, 0.3) is 6.43 Å². The summed E-state index contributed by atoms with van der Waals surface area (Å²) in [5, 5.41) is 0.306. The van der Waals surface area contributed by atoms with Crippen molar-refractivity contribution in [1.82, 2.24) is 0 Å². The van der Waals surface area contributed by atoms with Crippen LogP contribution in [-0.4, -0.2) is 6.43 Å². The van der Waals surface area contributed by atoms with E-state index in [9.17, 15) is 8.78 Å². The molecule has 0 amide bonds. The number of halogens is 4. The van der Waals surface area contributed by atoms with Gasteiger partial charge in [-0.05, 0) is 18.6 Å². The van der Waals surface area contributed by atoms with Crippen molar-refractivity contribution < 1.29 is 8.78 Å². The molecule has 0 aliphatic rings. The number of hydrogen-bond donors (Lipinski definition) is 1. The van der Waals surface area contributed by atoms with Gasteiger partial charge in [-0.15, -0.1) is 0 Å². The molecule has 5 heteroatoms.